The molecule has 0 amide bonds. The number of carbonyl (C=O) groups is 1. The summed E-state index contributed by atoms with van der Waals surface area (Å²) < 4.78 is 0. The van der Waals surface area contributed by atoms with E-state index in [0.29, 0.717) is 6.42 Å². The SMILES string of the molecule is CCCCSc1ccc(C(=O)CCCC)cc1. The third-order valence-corrected chi connectivity index (χ3v) is 3.80. The van der Waals surface area contributed by atoms with E-state index >= 15 is 0 Å². The molecule has 0 saturated heterocycles. The third-order valence-electron chi connectivity index (χ3n) is 2.70. The van der Waals surface area contributed by atoms with Crippen LogP contribution < -0.4 is 0 Å². The van der Waals surface area contributed by atoms with Gasteiger partial charge in [-0.3, -0.25) is 4.79 Å². The fraction of sp³-hybridized carbons (Fsp3) is 0.533. The average molecular weight is 250 g/mol. The number of hydrogen-bond donors (Lipinski definition) is 0. The Kier molecular flexibility index (Phi) is 7.02. The zero-order valence-corrected chi connectivity index (χ0v) is 11.7. The number of ketones is 1. The Morgan fingerprint density at radius 2 is 1.71 bits per heavy atom. The molecule has 17 heavy (non-hydrogen) atoms. The lowest BCUT2D eigenvalue weighted by Crippen LogP contribution is -1.98. The van der Waals surface area contributed by atoms with Crippen LogP contribution in [0.2, 0.25) is 0 Å². The molecule has 1 nitrogen and oxygen atoms in total. The summed E-state index contributed by atoms with van der Waals surface area (Å²) in [5.41, 5.74) is 0.860. The molecule has 0 fully saturated rings. The molecule has 0 spiro atoms. The quantitative estimate of drug-likeness (QED) is 0.369. The van der Waals surface area contributed by atoms with Crippen LogP contribution in [0, 0.1) is 0 Å². The van der Waals surface area contributed by atoms with Gasteiger partial charge in [0.15, 0.2) is 5.78 Å². The number of rotatable bonds is 8. The van der Waals surface area contributed by atoms with E-state index in [1.54, 1.807) is 0 Å². The first-order valence-corrected chi connectivity index (χ1v) is 7.52. The van der Waals surface area contributed by atoms with Crippen LogP contribution in [0.5, 0.6) is 0 Å². The van der Waals surface area contributed by atoms with Gasteiger partial charge in [-0.15, -0.1) is 11.8 Å². The number of unbranched alkanes of at least 4 members (excludes halogenated alkanes) is 2. The van der Waals surface area contributed by atoms with E-state index in [1.165, 1.54) is 23.5 Å². The molecule has 1 rings (SSSR count). The lowest BCUT2D eigenvalue weighted by Gasteiger charge is -2.03. The second-order valence-corrected chi connectivity index (χ2v) is 5.42. The van der Waals surface area contributed by atoms with E-state index in [9.17, 15) is 4.79 Å². The van der Waals surface area contributed by atoms with Gasteiger partial charge in [0.25, 0.3) is 0 Å². The molecule has 0 aliphatic heterocycles. The Morgan fingerprint density at radius 1 is 1.06 bits per heavy atom. The van der Waals surface area contributed by atoms with Crippen LogP contribution in [0.4, 0.5) is 0 Å². The van der Waals surface area contributed by atoms with Gasteiger partial charge in [-0.2, -0.15) is 0 Å². The van der Waals surface area contributed by atoms with Crippen molar-refractivity contribution in [3.8, 4) is 0 Å². The minimum atomic E-state index is 0.275. The highest BCUT2D eigenvalue weighted by atomic mass is 32.2. The second kappa shape index (κ2) is 8.35. The van der Waals surface area contributed by atoms with Gasteiger partial charge in [-0.05, 0) is 30.7 Å². The fourth-order valence-corrected chi connectivity index (χ4v) is 2.55. The third kappa shape index (κ3) is 5.40. The lowest BCUT2D eigenvalue weighted by molar-refractivity contribution is 0.0979. The predicted molar refractivity (Wildman–Crippen MR) is 75.9 cm³/mol. The molecule has 0 N–H and O–H groups in total. The van der Waals surface area contributed by atoms with Gasteiger partial charge in [0, 0.05) is 16.9 Å². The fourth-order valence-electron chi connectivity index (χ4n) is 1.55. The van der Waals surface area contributed by atoms with Gasteiger partial charge < -0.3 is 0 Å². The molecule has 0 atom stereocenters. The normalized spacial score (nSPS) is 10.5. The molecule has 0 radical (unpaired) electrons. The predicted octanol–water partition coefficient (Wildman–Crippen LogP) is 4.95. The van der Waals surface area contributed by atoms with Crippen molar-refractivity contribution in [2.24, 2.45) is 0 Å². The Labute approximate surface area is 109 Å². The first-order valence-electron chi connectivity index (χ1n) is 6.54. The molecule has 0 aromatic heterocycles. The summed E-state index contributed by atoms with van der Waals surface area (Å²) in [6, 6.07) is 8.07. The van der Waals surface area contributed by atoms with Crippen LogP contribution in [0.1, 0.15) is 56.3 Å². The van der Waals surface area contributed by atoms with Crippen LogP contribution in [0.3, 0.4) is 0 Å². The highest BCUT2D eigenvalue weighted by Crippen LogP contribution is 2.20. The van der Waals surface area contributed by atoms with Crippen molar-refractivity contribution in [3.05, 3.63) is 29.8 Å². The molecule has 1 aromatic carbocycles. The Hall–Kier alpha value is -0.760. The summed E-state index contributed by atoms with van der Waals surface area (Å²) in [5.74, 6) is 1.44. The summed E-state index contributed by atoms with van der Waals surface area (Å²) in [6.45, 7) is 4.32. The maximum Gasteiger partial charge on any atom is 0.162 e. The largest absolute Gasteiger partial charge is 0.294 e. The first kappa shape index (κ1) is 14.3. The van der Waals surface area contributed by atoms with Crippen molar-refractivity contribution < 1.29 is 4.79 Å². The standard InChI is InChI=1S/C15H22OS/c1-3-5-7-15(16)13-8-10-14(11-9-13)17-12-6-4-2/h8-11H,3-7,12H2,1-2H3. The van der Waals surface area contributed by atoms with E-state index in [0.717, 1.165) is 18.4 Å². The number of thioether (sulfide) groups is 1. The molecular weight excluding hydrogens is 228 g/mol. The van der Waals surface area contributed by atoms with Gasteiger partial charge in [0.05, 0.1) is 0 Å². The molecule has 1 aromatic rings. The van der Waals surface area contributed by atoms with Crippen LogP contribution in [0.25, 0.3) is 0 Å². The van der Waals surface area contributed by atoms with Crippen LogP contribution in [-0.4, -0.2) is 11.5 Å². The molecule has 0 bridgehead atoms. The van der Waals surface area contributed by atoms with Gasteiger partial charge in [0.2, 0.25) is 0 Å². The second-order valence-electron chi connectivity index (χ2n) is 4.25. The van der Waals surface area contributed by atoms with Gasteiger partial charge >= 0.3 is 0 Å². The molecule has 0 aliphatic carbocycles. The van der Waals surface area contributed by atoms with E-state index in [4.69, 9.17) is 0 Å². The molecular formula is C15H22OS. The van der Waals surface area contributed by atoms with Crippen molar-refractivity contribution in [2.45, 2.75) is 50.8 Å². The van der Waals surface area contributed by atoms with Crippen molar-refractivity contribution in [1.29, 1.82) is 0 Å². The lowest BCUT2D eigenvalue weighted by atomic mass is 10.1. The van der Waals surface area contributed by atoms with Gasteiger partial charge in [0.1, 0.15) is 0 Å². The van der Waals surface area contributed by atoms with E-state index in [1.807, 2.05) is 23.9 Å². The monoisotopic (exact) mass is 250 g/mol. The zero-order chi connectivity index (χ0) is 12.5. The van der Waals surface area contributed by atoms with E-state index < -0.39 is 0 Å². The topological polar surface area (TPSA) is 17.1 Å². The molecule has 0 heterocycles. The summed E-state index contributed by atoms with van der Waals surface area (Å²) >= 11 is 1.87. The molecule has 2 heteroatoms. The summed E-state index contributed by atoms with van der Waals surface area (Å²) in [6.07, 6.45) is 5.24. The zero-order valence-electron chi connectivity index (χ0n) is 10.9. The van der Waals surface area contributed by atoms with Crippen molar-refractivity contribution in [3.63, 3.8) is 0 Å². The van der Waals surface area contributed by atoms with Crippen LogP contribution >= 0.6 is 11.8 Å². The van der Waals surface area contributed by atoms with Crippen molar-refractivity contribution >= 4 is 17.5 Å². The Morgan fingerprint density at radius 3 is 2.29 bits per heavy atom. The number of benzene rings is 1. The number of carbonyl (C=O) groups excluding carboxylic acids is 1. The summed E-state index contributed by atoms with van der Waals surface area (Å²) in [7, 11) is 0. The van der Waals surface area contributed by atoms with Gasteiger partial charge in [-0.25, -0.2) is 0 Å². The average Bonchev–Trinajstić information content (AvgIpc) is 2.37. The highest BCUT2D eigenvalue weighted by Gasteiger charge is 2.04. The maximum atomic E-state index is 11.8. The van der Waals surface area contributed by atoms with Crippen LogP contribution in [0.15, 0.2) is 29.2 Å². The summed E-state index contributed by atoms with van der Waals surface area (Å²) in [4.78, 5) is 13.0. The Bertz CT molecular complexity index is 329. The minimum absolute atomic E-state index is 0.275. The highest BCUT2D eigenvalue weighted by molar-refractivity contribution is 7.99. The van der Waals surface area contributed by atoms with Crippen molar-refractivity contribution in [2.75, 3.05) is 5.75 Å². The number of Topliss-reactive ketones (excluding diaryl/α,β-unsaturated/α-hetero) is 1. The smallest absolute Gasteiger partial charge is 0.162 e. The number of hydrogen-bond acceptors (Lipinski definition) is 2. The molecule has 0 saturated carbocycles. The maximum absolute atomic E-state index is 11.8. The van der Waals surface area contributed by atoms with E-state index in [2.05, 4.69) is 26.0 Å². The molecule has 0 unspecified atom stereocenters. The minimum Gasteiger partial charge on any atom is -0.294 e. The van der Waals surface area contributed by atoms with Crippen molar-refractivity contribution in [1.82, 2.24) is 0 Å². The Balaban J connectivity index is 2.46. The van der Waals surface area contributed by atoms with Crippen LogP contribution in [-0.2, 0) is 0 Å². The van der Waals surface area contributed by atoms with Gasteiger partial charge in [-0.1, -0.05) is 38.8 Å². The summed E-state index contributed by atoms with van der Waals surface area (Å²) in [5, 5.41) is 0. The molecule has 94 valence electrons. The molecule has 0 aliphatic rings. The van der Waals surface area contributed by atoms with E-state index in [-0.39, 0.29) is 5.78 Å². The first-order chi connectivity index (χ1) is 8.27.